The van der Waals surface area contributed by atoms with Crippen molar-refractivity contribution < 1.29 is 14.3 Å². The molecular formula is C8H14N2O3. The molecule has 0 aromatic heterocycles. The normalized spacial score (nSPS) is 22.0. The van der Waals surface area contributed by atoms with E-state index in [1.54, 1.807) is 7.05 Å². The van der Waals surface area contributed by atoms with Gasteiger partial charge < -0.3 is 9.64 Å². The molecule has 1 rings (SSSR count). The number of Topliss-reactive ketones (excluding diaryl/α,β-unsaturated/α-hetero) is 1. The van der Waals surface area contributed by atoms with Gasteiger partial charge in [-0.3, -0.25) is 14.9 Å². The lowest BCUT2D eigenvalue weighted by Gasteiger charge is -2.21. The van der Waals surface area contributed by atoms with Crippen molar-refractivity contribution in [2.24, 2.45) is 0 Å². The van der Waals surface area contributed by atoms with Crippen molar-refractivity contribution in [3.8, 4) is 0 Å². The minimum absolute atomic E-state index is 0.0401. The van der Waals surface area contributed by atoms with E-state index in [2.05, 4.69) is 5.32 Å². The monoisotopic (exact) mass is 186 g/mol. The van der Waals surface area contributed by atoms with Gasteiger partial charge in [0, 0.05) is 0 Å². The van der Waals surface area contributed by atoms with E-state index in [9.17, 15) is 9.59 Å². The molecule has 0 aromatic rings. The number of amides is 1. The fourth-order valence-electron chi connectivity index (χ4n) is 1.24. The van der Waals surface area contributed by atoms with Gasteiger partial charge in [-0.2, -0.15) is 0 Å². The first-order valence-electron chi connectivity index (χ1n) is 4.19. The molecule has 0 radical (unpaired) electrons. The maximum atomic E-state index is 11.4. The molecule has 1 aliphatic heterocycles. The number of ketones is 1. The van der Waals surface area contributed by atoms with Crippen molar-refractivity contribution in [3.05, 3.63) is 0 Å². The van der Waals surface area contributed by atoms with Crippen molar-refractivity contribution in [2.45, 2.75) is 19.5 Å². The SMILES string of the molecule is CNC1COCN1C(=O)CC(C)=O. The minimum Gasteiger partial charge on any atom is -0.357 e. The van der Waals surface area contributed by atoms with Gasteiger partial charge in [-0.05, 0) is 14.0 Å². The smallest absolute Gasteiger partial charge is 0.233 e. The first-order valence-corrected chi connectivity index (χ1v) is 4.19. The highest BCUT2D eigenvalue weighted by molar-refractivity contribution is 5.96. The van der Waals surface area contributed by atoms with Crippen LogP contribution < -0.4 is 5.32 Å². The third-order valence-corrected chi connectivity index (χ3v) is 1.94. The summed E-state index contributed by atoms with van der Waals surface area (Å²) in [6, 6.07) is 0. The summed E-state index contributed by atoms with van der Waals surface area (Å²) in [5.74, 6) is -0.295. The zero-order chi connectivity index (χ0) is 9.84. The van der Waals surface area contributed by atoms with Gasteiger partial charge in [0.15, 0.2) is 0 Å². The molecule has 0 aromatic carbocycles. The van der Waals surface area contributed by atoms with E-state index < -0.39 is 0 Å². The van der Waals surface area contributed by atoms with Crippen molar-refractivity contribution in [2.75, 3.05) is 20.4 Å². The van der Waals surface area contributed by atoms with Crippen molar-refractivity contribution in [1.82, 2.24) is 10.2 Å². The van der Waals surface area contributed by atoms with Gasteiger partial charge in [0.1, 0.15) is 18.7 Å². The molecule has 0 bridgehead atoms. The van der Waals surface area contributed by atoms with Crippen LogP contribution in [-0.2, 0) is 14.3 Å². The Morgan fingerprint density at radius 3 is 2.85 bits per heavy atom. The van der Waals surface area contributed by atoms with Crippen LogP contribution in [0.15, 0.2) is 0 Å². The summed E-state index contributed by atoms with van der Waals surface area (Å²) in [5.41, 5.74) is 0. The lowest BCUT2D eigenvalue weighted by molar-refractivity contribution is -0.136. The zero-order valence-electron chi connectivity index (χ0n) is 7.87. The summed E-state index contributed by atoms with van der Waals surface area (Å²) in [6.45, 7) is 2.17. The second-order valence-electron chi connectivity index (χ2n) is 3.05. The second-order valence-corrected chi connectivity index (χ2v) is 3.05. The van der Waals surface area contributed by atoms with Gasteiger partial charge >= 0.3 is 0 Å². The fourth-order valence-corrected chi connectivity index (χ4v) is 1.24. The van der Waals surface area contributed by atoms with E-state index in [0.29, 0.717) is 6.61 Å². The lowest BCUT2D eigenvalue weighted by atomic mass is 10.3. The molecule has 13 heavy (non-hydrogen) atoms. The Morgan fingerprint density at radius 1 is 1.62 bits per heavy atom. The van der Waals surface area contributed by atoms with Gasteiger partial charge in [0.25, 0.3) is 0 Å². The van der Waals surface area contributed by atoms with Crippen LogP contribution in [0.4, 0.5) is 0 Å². The van der Waals surface area contributed by atoms with Gasteiger partial charge in [-0.1, -0.05) is 0 Å². The number of nitrogens with zero attached hydrogens (tertiary/aromatic N) is 1. The molecule has 1 heterocycles. The molecule has 1 atom stereocenters. The highest BCUT2D eigenvalue weighted by Crippen LogP contribution is 2.08. The zero-order valence-corrected chi connectivity index (χ0v) is 7.87. The minimum atomic E-state index is -0.177. The highest BCUT2D eigenvalue weighted by atomic mass is 16.5. The first kappa shape index (κ1) is 10.1. The largest absolute Gasteiger partial charge is 0.357 e. The van der Waals surface area contributed by atoms with E-state index >= 15 is 0 Å². The molecule has 1 saturated heterocycles. The molecule has 1 unspecified atom stereocenters. The number of carbonyl (C=O) groups excluding carboxylic acids is 2. The summed E-state index contributed by atoms with van der Waals surface area (Å²) >= 11 is 0. The summed E-state index contributed by atoms with van der Waals surface area (Å²) in [5, 5.41) is 2.94. The number of ether oxygens (including phenoxy) is 1. The standard InChI is InChI=1S/C8H14N2O3/c1-6(11)3-8(12)10-5-13-4-7(10)9-2/h7,9H,3-5H2,1-2H3. The van der Waals surface area contributed by atoms with Crippen LogP contribution in [0.2, 0.25) is 0 Å². The maximum absolute atomic E-state index is 11.4. The van der Waals surface area contributed by atoms with Crippen molar-refractivity contribution in [3.63, 3.8) is 0 Å². The van der Waals surface area contributed by atoms with Crippen LogP contribution in [0.1, 0.15) is 13.3 Å². The van der Waals surface area contributed by atoms with Crippen LogP contribution in [0.3, 0.4) is 0 Å². The summed E-state index contributed by atoms with van der Waals surface area (Å²) in [7, 11) is 1.76. The van der Waals surface area contributed by atoms with Gasteiger partial charge in [-0.25, -0.2) is 0 Å². The Balaban J connectivity index is 2.50. The Kier molecular flexibility index (Phi) is 3.39. The van der Waals surface area contributed by atoms with Gasteiger partial charge in [0.2, 0.25) is 5.91 Å². The van der Waals surface area contributed by atoms with Crippen LogP contribution in [-0.4, -0.2) is 43.1 Å². The summed E-state index contributed by atoms with van der Waals surface area (Å²) in [6.07, 6.45) is -0.131. The predicted octanol–water partition coefficient (Wildman–Crippen LogP) is -0.673. The topological polar surface area (TPSA) is 58.6 Å². The van der Waals surface area contributed by atoms with Crippen molar-refractivity contribution in [1.29, 1.82) is 0 Å². The molecule has 1 fully saturated rings. The van der Waals surface area contributed by atoms with Crippen LogP contribution in [0.25, 0.3) is 0 Å². The predicted molar refractivity (Wildman–Crippen MR) is 45.8 cm³/mol. The molecule has 1 N–H and O–H groups in total. The average Bonchev–Trinajstić information content (AvgIpc) is 2.49. The quantitative estimate of drug-likeness (QED) is 0.594. The molecule has 0 saturated carbocycles. The summed E-state index contributed by atoms with van der Waals surface area (Å²) in [4.78, 5) is 23.6. The Hall–Kier alpha value is -0.940. The molecule has 1 amide bonds. The second kappa shape index (κ2) is 4.34. The fraction of sp³-hybridized carbons (Fsp3) is 0.750. The maximum Gasteiger partial charge on any atom is 0.233 e. The molecule has 1 aliphatic rings. The van der Waals surface area contributed by atoms with Crippen LogP contribution in [0.5, 0.6) is 0 Å². The van der Waals surface area contributed by atoms with Crippen LogP contribution in [0, 0.1) is 0 Å². The average molecular weight is 186 g/mol. The third kappa shape index (κ3) is 2.50. The highest BCUT2D eigenvalue weighted by Gasteiger charge is 2.28. The van der Waals surface area contributed by atoms with E-state index in [1.807, 2.05) is 0 Å². The first-order chi connectivity index (χ1) is 6.15. The van der Waals surface area contributed by atoms with Gasteiger partial charge in [-0.15, -0.1) is 0 Å². The lowest BCUT2D eigenvalue weighted by Crippen LogP contribution is -2.44. The van der Waals surface area contributed by atoms with E-state index in [-0.39, 0.29) is 31.0 Å². The molecule has 5 heteroatoms. The number of hydrogen-bond donors (Lipinski definition) is 1. The number of hydrogen-bond acceptors (Lipinski definition) is 4. The van der Waals surface area contributed by atoms with E-state index in [1.165, 1.54) is 11.8 Å². The molecule has 74 valence electrons. The molecular weight excluding hydrogens is 172 g/mol. The van der Waals surface area contributed by atoms with E-state index in [4.69, 9.17) is 4.74 Å². The number of likely N-dealkylation sites (N-methyl/N-ethyl adjacent to an activating group) is 1. The Labute approximate surface area is 77.0 Å². The summed E-state index contributed by atoms with van der Waals surface area (Å²) < 4.78 is 5.09. The number of nitrogens with one attached hydrogen (secondary N) is 1. The van der Waals surface area contributed by atoms with E-state index in [0.717, 1.165) is 0 Å². The Bertz CT molecular complexity index is 217. The van der Waals surface area contributed by atoms with Gasteiger partial charge in [0.05, 0.1) is 13.0 Å². The van der Waals surface area contributed by atoms with Crippen LogP contribution >= 0.6 is 0 Å². The third-order valence-electron chi connectivity index (χ3n) is 1.94. The molecule has 0 spiro atoms. The van der Waals surface area contributed by atoms with Crippen molar-refractivity contribution >= 4 is 11.7 Å². The molecule has 5 nitrogen and oxygen atoms in total. The number of rotatable bonds is 3. The molecule has 0 aliphatic carbocycles. The Morgan fingerprint density at radius 2 is 2.31 bits per heavy atom. The number of carbonyl (C=O) groups is 2.